The molecule has 1 aliphatic carbocycles. The van der Waals surface area contributed by atoms with Crippen LogP contribution < -0.4 is 15.6 Å². The number of aromatic nitrogens is 6. The van der Waals surface area contributed by atoms with Crippen LogP contribution in [0, 0.1) is 0 Å². The van der Waals surface area contributed by atoms with E-state index >= 15 is 0 Å². The third kappa shape index (κ3) is 6.67. The Hall–Kier alpha value is -4.03. The van der Waals surface area contributed by atoms with Crippen molar-refractivity contribution < 1.29 is 30.4 Å². The number of nitrogens with zero attached hydrogens (tertiary/aromatic N) is 7. The maximum absolute atomic E-state index is 13.7. The van der Waals surface area contributed by atoms with Gasteiger partial charge in [0, 0.05) is 36.6 Å². The first kappa shape index (κ1) is 31.0. The monoisotopic (exact) mass is 664 g/mol. The van der Waals surface area contributed by atoms with E-state index in [0.29, 0.717) is 37.5 Å². The average molecular weight is 665 g/mol. The van der Waals surface area contributed by atoms with Crippen LogP contribution >= 0.6 is 0 Å². The molecular formula is C27H30F2N8O6S2. The van der Waals surface area contributed by atoms with Crippen molar-refractivity contribution in [2.45, 2.75) is 55.5 Å². The molecule has 1 N–H and O–H groups in total. The first-order valence-electron chi connectivity index (χ1n) is 14.2. The lowest BCUT2D eigenvalue weighted by atomic mass is 10.1. The van der Waals surface area contributed by atoms with Gasteiger partial charge in [-0.3, -0.25) is 9.36 Å². The molecule has 4 aromatic rings. The Labute approximate surface area is 257 Å². The molecule has 0 atom stereocenters. The number of rotatable bonds is 11. The molecule has 1 saturated carbocycles. The minimum Gasteiger partial charge on any atom is -0.492 e. The van der Waals surface area contributed by atoms with Gasteiger partial charge < -0.3 is 10.1 Å². The Morgan fingerprint density at radius 1 is 1.04 bits per heavy atom. The summed E-state index contributed by atoms with van der Waals surface area (Å²) in [6.07, 6.45) is 3.56. The zero-order valence-electron chi connectivity index (χ0n) is 24.1. The summed E-state index contributed by atoms with van der Waals surface area (Å²) in [6.45, 7) is 0.414. The summed E-state index contributed by atoms with van der Waals surface area (Å²) >= 11 is 0. The van der Waals surface area contributed by atoms with Crippen molar-refractivity contribution in [3.63, 3.8) is 0 Å². The Balaban J connectivity index is 1.16. The summed E-state index contributed by atoms with van der Waals surface area (Å²) in [6, 6.07) is 6.54. The second-order valence-electron chi connectivity index (χ2n) is 11.0. The highest BCUT2D eigenvalue weighted by Gasteiger charge is 2.30. The van der Waals surface area contributed by atoms with E-state index < -0.39 is 37.6 Å². The zero-order valence-corrected chi connectivity index (χ0v) is 25.7. The molecule has 1 aliphatic heterocycles. The molecule has 2 fully saturated rings. The standard InChI is InChI=1S/C27H30F2N8O6S2/c1-44(39,40)35-10-8-19(9-11-35)32-27-30-15-18-14-22(23(28)29)26(38)36(25(18)33-27)12-13-43-20-4-6-21(7-5-20)45(41,42)37-16-31-24(34-37)17-2-3-17/h4-7,14-17,19,23H,2-3,8-13H2,1H3,(H,30,32,33). The number of benzene rings is 1. The van der Waals surface area contributed by atoms with E-state index in [4.69, 9.17) is 4.74 Å². The third-order valence-corrected chi connectivity index (χ3v) is 10.6. The number of anilines is 1. The summed E-state index contributed by atoms with van der Waals surface area (Å²) in [5.74, 6) is 1.17. The quantitative estimate of drug-likeness (QED) is 0.250. The lowest BCUT2D eigenvalue weighted by Crippen LogP contribution is -2.42. The molecule has 18 heteroatoms. The van der Waals surface area contributed by atoms with Crippen LogP contribution in [0.5, 0.6) is 5.75 Å². The molecule has 14 nitrogen and oxygen atoms in total. The highest BCUT2D eigenvalue weighted by Crippen LogP contribution is 2.38. The first-order chi connectivity index (χ1) is 21.4. The van der Waals surface area contributed by atoms with E-state index in [1.807, 2.05) is 0 Å². The molecule has 0 amide bonds. The van der Waals surface area contributed by atoms with Gasteiger partial charge in [-0.1, -0.05) is 0 Å². The predicted octanol–water partition coefficient (Wildman–Crippen LogP) is 2.35. The molecular weight excluding hydrogens is 634 g/mol. The normalized spacial score (nSPS) is 16.8. The summed E-state index contributed by atoms with van der Waals surface area (Å²) in [5.41, 5.74) is -1.50. The van der Waals surface area contributed by atoms with Gasteiger partial charge in [-0.25, -0.2) is 31.5 Å². The highest BCUT2D eigenvalue weighted by atomic mass is 32.2. The van der Waals surface area contributed by atoms with E-state index in [2.05, 4.69) is 25.4 Å². The molecule has 0 spiro atoms. The zero-order chi connectivity index (χ0) is 31.9. The summed E-state index contributed by atoms with van der Waals surface area (Å²) < 4.78 is 86.0. The van der Waals surface area contributed by atoms with Crippen molar-refractivity contribution >= 4 is 37.0 Å². The van der Waals surface area contributed by atoms with Crippen LogP contribution in [0.15, 0.2) is 52.5 Å². The number of hydrogen-bond donors (Lipinski definition) is 1. The molecule has 240 valence electrons. The number of halogens is 2. The lowest BCUT2D eigenvalue weighted by molar-refractivity contribution is 0.149. The number of piperidine rings is 1. The fourth-order valence-corrected chi connectivity index (χ4v) is 7.04. The van der Waals surface area contributed by atoms with E-state index in [-0.39, 0.29) is 47.0 Å². The summed E-state index contributed by atoms with van der Waals surface area (Å²) in [5, 5.41) is 7.47. The van der Waals surface area contributed by atoms with Gasteiger partial charge in [-0.2, -0.15) is 13.4 Å². The minimum absolute atomic E-state index is 0.0207. The van der Waals surface area contributed by atoms with Gasteiger partial charge in [0.15, 0.2) is 5.82 Å². The third-order valence-electron chi connectivity index (χ3n) is 7.73. The molecule has 6 rings (SSSR count). The Bertz CT molecular complexity index is 1990. The molecule has 1 aromatic carbocycles. The smallest absolute Gasteiger partial charge is 0.284 e. The molecule has 0 radical (unpaired) electrons. The maximum atomic E-state index is 13.7. The second-order valence-corrected chi connectivity index (χ2v) is 14.8. The van der Waals surface area contributed by atoms with Crippen LogP contribution in [0.1, 0.15) is 49.4 Å². The van der Waals surface area contributed by atoms with Crippen LogP contribution in [0.4, 0.5) is 14.7 Å². The molecule has 2 aliphatic rings. The number of ether oxygens (including phenoxy) is 1. The number of hydrogen-bond acceptors (Lipinski definition) is 11. The molecule has 45 heavy (non-hydrogen) atoms. The predicted molar refractivity (Wildman–Crippen MR) is 158 cm³/mol. The Morgan fingerprint density at radius 2 is 1.76 bits per heavy atom. The average Bonchev–Trinajstić information content (AvgIpc) is 3.73. The number of nitrogens with one attached hydrogen (secondary N) is 1. The Kier molecular flexibility index (Phi) is 8.30. The van der Waals surface area contributed by atoms with Crippen molar-refractivity contribution in [2.75, 3.05) is 31.3 Å². The van der Waals surface area contributed by atoms with Gasteiger partial charge in [0.25, 0.3) is 22.0 Å². The number of fused-ring (bicyclic) bond motifs is 1. The Morgan fingerprint density at radius 3 is 2.40 bits per heavy atom. The van der Waals surface area contributed by atoms with Gasteiger partial charge in [0.1, 0.15) is 24.3 Å². The molecule has 0 unspecified atom stereocenters. The molecule has 0 bridgehead atoms. The first-order valence-corrected chi connectivity index (χ1v) is 17.5. The molecule has 3 aromatic heterocycles. The van der Waals surface area contributed by atoms with Gasteiger partial charge in [0.2, 0.25) is 16.0 Å². The summed E-state index contributed by atoms with van der Waals surface area (Å²) in [7, 11) is -7.24. The van der Waals surface area contributed by atoms with Crippen LogP contribution in [-0.4, -0.2) is 81.8 Å². The van der Waals surface area contributed by atoms with Crippen molar-refractivity contribution in [1.82, 2.24) is 33.0 Å². The maximum Gasteiger partial charge on any atom is 0.284 e. The van der Waals surface area contributed by atoms with E-state index in [1.54, 1.807) is 0 Å². The van der Waals surface area contributed by atoms with Gasteiger partial charge in [-0.05, 0) is 56.0 Å². The van der Waals surface area contributed by atoms with Crippen molar-refractivity contribution in [2.24, 2.45) is 0 Å². The van der Waals surface area contributed by atoms with Gasteiger partial charge >= 0.3 is 0 Å². The van der Waals surface area contributed by atoms with Crippen LogP contribution in [-0.2, 0) is 26.6 Å². The molecule has 1 saturated heterocycles. The van der Waals surface area contributed by atoms with Crippen molar-refractivity contribution in [3.05, 3.63) is 64.6 Å². The largest absolute Gasteiger partial charge is 0.492 e. The minimum atomic E-state index is -3.95. The number of sulfonamides is 1. The number of alkyl halides is 2. The fourth-order valence-electron chi connectivity index (χ4n) is 5.11. The molecule has 4 heterocycles. The van der Waals surface area contributed by atoms with E-state index in [0.717, 1.165) is 33.8 Å². The van der Waals surface area contributed by atoms with Crippen LogP contribution in [0.25, 0.3) is 11.0 Å². The fraction of sp³-hybridized carbons (Fsp3) is 0.444. The van der Waals surface area contributed by atoms with Gasteiger partial charge in [0.05, 0.1) is 23.3 Å². The lowest BCUT2D eigenvalue weighted by Gasteiger charge is -2.30. The second kappa shape index (κ2) is 12.1. The van der Waals surface area contributed by atoms with E-state index in [9.17, 15) is 30.4 Å². The topological polar surface area (TPSA) is 171 Å². The summed E-state index contributed by atoms with van der Waals surface area (Å²) in [4.78, 5) is 25.8. The van der Waals surface area contributed by atoms with E-state index in [1.165, 1.54) is 41.1 Å². The SMILES string of the molecule is CS(=O)(=O)N1CCC(Nc2ncc3cc(C(F)F)c(=O)n(CCOc4ccc(S(=O)(=O)n5cnc(C6CC6)n5)cc4)c3n2)CC1. The van der Waals surface area contributed by atoms with Crippen molar-refractivity contribution in [3.8, 4) is 5.75 Å². The van der Waals surface area contributed by atoms with Crippen molar-refractivity contribution in [1.29, 1.82) is 0 Å². The van der Waals surface area contributed by atoms with Gasteiger partial charge in [-0.15, -0.1) is 9.19 Å². The van der Waals surface area contributed by atoms with Crippen LogP contribution in [0.2, 0.25) is 0 Å². The highest BCUT2D eigenvalue weighted by molar-refractivity contribution is 7.89. The number of pyridine rings is 1. The van der Waals surface area contributed by atoms with Crippen LogP contribution in [0.3, 0.4) is 0 Å².